The van der Waals surface area contributed by atoms with Gasteiger partial charge in [-0.25, -0.2) is 0 Å². The van der Waals surface area contributed by atoms with Crippen molar-refractivity contribution in [2.75, 3.05) is 20.3 Å². The Morgan fingerprint density at radius 1 is 1.26 bits per heavy atom. The van der Waals surface area contributed by atoms with Gasteiger partial charge in [0.05, 0.1) is 19.8 Å². The van der Waals surface area contributed by atoms with Gasteiger partial charge in [-0.2, -0.15) is 0 Å². The van der Waals surface area contributed by atoms with E-state index in [1.807, 2.05) is 30.0 Å². The van der Waals surface area contributed by atoms with E-state index in [9.17, 15) is 4.79 Å². The maximum Gasteiger partial charge on any atom is 0.210 e. The van der Waals surface area contributed by atoms with Gasteiger partial charge in [0.1, 0.15) is 0 Å². The monoisotopic (exact) mass is 364 g/mol. The molecule has 1 amide bonds. The first-order chi connectivity index (χ1) is 13.2. The number of carbonyl (C=O) groups excluding carboxylic acids is 1. The molecule has 4 rings (SSSR count). The molecule has 2 heterocycles. The van der Waals surface area contributed by atoms with Crippen LogP contribution in [0.25, 0.3) is 10.9 Å². The lowest BCUT2D eigenvalue weighted by Gasteiger charge is -2.35. The van der Waals surface area contributed by atoms with Crippen molar-refractivity contribution in [2.24, 2.45) is 0 Å². The summed E-state index contributed by atoms with van der Waals surface area (Å²) in [6.45, 7) is 3.24. The van der Waals surface area contributed by atoms with Crippen molar-refractivity contribution in [2.45, 2.75) is 25.8 Å². The first-order valence-electron chi connectivity index (χ1n) is 9.34. The molecule has 0 saturated heterocycles. The normalized spacial score (nSPS) is 16.2. The van der Waals surface area contributed by atoms with Gasteiger partial charge in [0, 0.05) is 23.6 Å². The summed E-state index contributed by atoms with van der Waals surface area (Å²) in [5.74, 6) is 1.48. The Balaban J connectivity index is 1.77. The van der Waals surface area contributed by atoms with E-state index in [0.717, 1.165) is 41.8 Å². The molecular formula is C22H24N2O3. The van der Waals surface area contributed by atoms with Crippen LogP contribution in [-0.2, 0) is 17.6 Å². The maximum atomic E-state index is 11.8. The largest absolute Gasteiger partial charge is 0.493 e. The fourth-order valence-corrected chi connectivity index (χ4v) is 4.02. The highest BCUT2D eigenvalue weighted by Crippen LogP contribution is 2.39. The molecule has 1 N–H and O–H groups in total. The molecule has 0 radical (unpaired) electrons. The zero-order chi connectivity index (χ0) is 18.8. The molecule has 140 valence electrons. The van der Waals surface area contributed by atoms with Crippen molar-refractivity contribution in [1.29, 1.82) is 0 Å². The Bertz CT molecular complexity index is 963. The maximum absolute atomic E-state index is 11.8. The quantitative estimate of drug-likeness (QED) is 0.676. The Labute approximate surface area is 158 Å². The van der Waals surface area contributed by atoms with E-state index in [2.05, 4.69) is 29.4 Å². The number of methoxy groups -OCH3 is 1. The number of para-hydroxylation sites is 1. The lowest BCUT2D eigenvalue weighted by molar-refractivity contribution is -0.120. The third kappa shape index (κ3) is 3.14. The molecule has 1 aromatic heterocycles. The summed E-state index contributed by atoms with van der Waals surface area (Å²) >= 11 is 0. The van der Waals surface area contributed by atoms with Crippen LogP contribution in [0.5, 0.6) is 11.5 Å². The second kappa shape index (κ2) is 7.35. The average molecular weight is 364 g/mol. The van der Waals surface area contributed by atoms with Gasteiger partial charge >= 0.3 is 0 Å². The highest BCUT2D eigenvalue weighted by molar-refractivity contribution is 5.83. The highest BCUT2D eigenvalue weighted by Gasteiger charge is 2.29. The summed E-state index contributed by atoms with van der Waals surface area (Å²) in [4.78, 5) is 17.0. The van der Waals surface area contributed by atoms with Crippen LogP contribution in [0.4, 0.5) is 0 Å². The zero-order valence-corrected chi connectivity index (χ0v) is 15.7. The van der Waals surface area contributed by atoms with Crippen LogP contribution in [-0.4, -0.2) is 36.6 Å². The minimum absolute atomic E-state index is 0.0180. The summed E-state index contributed by atoms with van der Waals surface area (Å²) in [6.07, 6.45) is 4.59. The van der Waals surface area contributed by atoms with Crippen LogP contribution in [0.15, 0.2) is 42.6 Å². The molecule has 2 aromatic carbocycles. The van der Waals surface area contributed by atoms with E-state index in [1.165, 1.54) is 16.5 Å². The number of H-pyrrole nitrogens is 1. The Morgan fingerprint density at radius 2 is 2.11 bits per heavy atom. The number of amides is 1. The number of nitrogens with zero attached hydrogens (tertiary/aromatic N) is 1. The number of carbonyl (C=O) groups is 1. The summed E-state index contributed by atoms with van der Waals surface area (Å²) in [5.41, 5.74) is 4.69. The molecule has 1 atom stereocenters. The zero-order valence-electron chi connectivity index (χ0n) is 15.7. The van der Waals surface area contributed by atoms with E-state index < -0.39 is 0 Å². The fraction of sp³-hybridized carbons (Fsp3) is 0.318. The molecule has 0 bridgehead atoms. The molecule has 1 aliphatic heterocycles. The molecule has 0 aliphatic carbocycles. The van der Waals surface area contributed by atoms with Gasteiger partial charge in [-0.15, -0.1) is 0 Å². The van der Waals surface area contributed by atoms with E-state index in [-0.39, 0.29) is 6.04 Å². The molecule has 27 heavy (non-hydrogen) atoms. The summed E-state index contributed by atoms with van der Waals surface area (Å²) in [6, 6.07) is 12.4. The third-order valence-electron chi connectivity index (χ3n) is 5.35. The second-order valence-corrected chi connectivity index (χ2v) is 6.81. The van der Waals surface area contributed by atoms with Crippen molar-refractivity contribution in [3.63, 3.8) is 0 Å². The molecule has 5 heteroatoms. The number of nitrogens with one attached hydrogen (secondary N) is 1. The molecule has 0 saturated carbocycles. The molecule has 0 unspecified atom stereocenters. The Kier molecular flexibility index (Phi) is 4.75. The first-order valence-corrected chi connectivity index (χ1v) is 9.34. The number of fused-ring (bicyclic) bond motifs is 2. The molecular weight excluding hydrogens is 340 g/mol. The number of hydrogen-bond acceptors (Lipinski definition) is 3. The predicted octanol–water partition coefficient (Wildman–Crippen LogP) is 3.87. The summed E-state index contributed by atoms with van der Waals surface area (Å²) in [5, 5.41) is 1.20. The van der Waals surface area contributed by atoms with E-state index in [0.29, 0.717) is 13.2 Å². The second-order valence-electron chi connectivity index (χ2n) is 6.81. The van der Waals surface area contributed by atoms with Crippen LogP contribution >= 0.6 is 0 Å². The van der Waals surface area contributed by atoms with Gasteiger partial charge in [-0.1, -0.05) is 18.2 Å². The minimum Gasteiger partial charge on any atom is -0.493 e. The topological polar surface area (TPSA) is 54.6 Å². The lowest BCUT2D eigenvalue weighted by Crippen LogP contribution is -2.35. The van der Waals surface area contributed by atoms with Crippen molar-refractivity contribution in [3.05, 3.63) is 59.3 Å². The number of aromatic amines is 1. The smallest absolute Gasteiger partial charge is 0.210 e. The van der Waals surface area contributed by atoms with Crippen molar-refractivity contribution >= 4 is 17.3 Å². The number of rotatable bonds is 6. The van der Waals surface area contributed by atoms with Gasteiger partial charge in [0.2, 0.25) is 6.41 Å². The van der Waals surface area contributed by atoms with Crippen molar-refractivity contribution in [3.8, 4) is 11.5 Å². The molecule has 3 aromatic rings. The van der Waals surface area contributed by atoms with Crippen LogP contribution in [0.3, 0.4) is 0 Å². The summed E-state index contributed by atoms with van der Waals surface area (Å²) < 4.78 is 11.3. The average Bonchev–Trinajstić information content (AvgIpc) is 3.11. The lowest BCUT2D eigenvalue weighted by atomic mass is 9.88. The van der Waals surface area contributed by atoms with Gasteiger partial charge in [0.15, 0.2) is 11.5 Å². The Morgan fingerprint density at radius 3 is 2.89 bits per heavy atom. The van der Waals surface area contributed by atoms with E-state index in [4.69, 9.17) is 9.47 Å². The number of benzene rings is 2. The SMILES string of the molecule is CCOc1cc2c(cc1OC)CCN(C=O)[C@H]2Cc1c[nH]c2ccccc12. The van der Waals surface area contributed by atoms with Crippen LogP contribution < -0.4 is 9.47 Å². The highest BCUT2D eigenvalue weighted by atomic mass is 16.5. The van der Waals surface area contributed by atoms with Crippen LogP contribution in [0, 0.1) is 0 Å². The van der Waals surface area contributed by atoms with Crippen LogP contribution in [0.1, 0.15) is 29.7 Å². The standard InChI is InChI=1S/C22H24N2O3/c1-3-27-22-12-18-15(11-21(22)26-2)8-9-24(14-25)20(18)10-16-13-23-19-7-5-4-6-17(16)19/h4-7,11-14,20,23H,3,8-10H2,1-2H3/t20-/m0/s1. The van der Waals surface area contributed by atoms with E-state index >= 15 is 0 Å². The third-order valence-corrected chi connectivity index (χ3v) is 5.35. The molecule has 1 aliphatic rings. The number of aromatic nitrogens is 1. The number of hydrogen-bond donors (Lipinski definition) is 1. The van der Waals surface area contributed by atoms with Crippen LogP contribution in [0.2, 0.25) is 0 Å². The molecule has 0 spiro atoms. The van der Waals surface area contributed by atoms with Gasteiger partial charge in [-0.05, 0) is 54.7 Å². The predicted molar refractivity (Wildman–Crippen MR) is 105 cm³/mol. The van der Waals surface area contributed by atoms with Gasteiger partial charge < -0.3 is 19.4 Å². The summed E-state index contributed by atoms with van der Waals surface area (Å²) in [7, 11) is 1.66. The molecule has 5 nitrogen and oxygen atoms in total. The molecule has 0 fully saturated rings. The first kappa shape index (κ1) is 17.5. The van der Waals surface area contributed by atoms with Gasteiger partial charge in [0.25, 0.3) is 0 Å². The Hall–Kier alpha value is -2.95. The van der Waals surface area contributed by atoms with E-state index in [1.54, 1.807) is 7.11 Å². The fourth-order valence-electron chi connectivity index (χ4n) is 4.02. The van der Waals surface area contributed by atoms with Crippen molar-refractivity contribution < 1.29 is 14.3 Å². The number of ether oxygens (including phenoxy) is 2. The van der Waals surface area contributed by atoms with Gasteiger partial charge in [-0.3, -0.25) is 4.79 Å². The van der Waals surface area contributed by atoms with Crippen molar-refractivity contribution in [1.82, 2.24) is 9.88 Å². The minimum atomic E-state index is -0.0180.